The number of unbranched alkanes of at least 4 members (excludes halogenated alkanes) is 1. The molecule has 0 spiro atoms. The van der Waals surface area contributed by atoms with Crippen LogP contribution in [0.5, 0.6) is 0 Å². The number of carbonyl (C=O) groups is 2. The van der Waals surface area contributed by atoms with Crippen LogP contribution in [0.1, 0.15) is 30.1 Å². The smallest absolute Gasteiger partial charge is 0.230 e. The number of hydrogen-bond donors (Lipinski definition) is 1. The maximum atomic E-state index is 11.4. The zero-order valence-electron chi connectivity index (χ0n) is 9.94. The van der Waals surface area contributed by atoms with Gasteiger partial charge in [-0.25, -0.2) is 0 Å². The van der Waals surface area contributed by atoms with Gasteiger partial charge in [0.1, 0.15) is 6.29 Å². The molecule has 0 heterocycles. The molecular weight excluding hydrogens is 234 g/mol. The van der Waals surface area contributed by atoms with Gasteiger partial charge in [0, 0.05) is 17.0 Å². The van der Waals surface area contributed by atoms with Crippen LogP contribution in [0.25, 0.3) is 0 Å². The maximum Gasteiger partial charge on any atom is 0.230 e. The molecular formula is C13H17NO2S. The predicted molar refractivity (Wildman–Crippen MR) is 70.5 cm³/mol. The largest absolute Gasteiger partial charge is 0.355 e. The lowest BCUT2D eigenvalue weighted by molar-refractivity contribution is -0.118. The van der Waals surface area contributed by atoms with Crippen molar-refractivity contribution in [2.24, 2.45) is 0 Å². The Morgan fingerprint density at radius 3 is 3.00 bits per heavy atom. The molecule has 0 aliphatic rings. The van der Waals surface area contributed by atoms with E-state index in [1.807, 2.05) is 12.1 Å². The van der Waals surface area contributed by atoms with Gasteiger partial charge in [0.2, 0.25) is 5.91 Å². The van der Waals surface area contributed by atoms with Crippen molar-refractivity contribution in [1.29, 1.82) is 0 Å². The second-order valence-corrected chi connectivity index (χ2v) is 4.73. The first-order valence-corrected chi connectivity index (χ1v) is 6.69. The summed E-state index contributed by atoms with van der Waals surface area (Å²) >= 11 is 1.45. The normalized spacial score (nSPS) is 9.94. The summed E-state index contributed by atoms with van der Waals surface area (Å²) in [6.45, 7) is 2.83. The molecule has 92 valence electrons. The molecule has 1 amide bonds. The van der Waals surface area contributed by atoms with Crippen molar-refractivity contribution in [2.75, 3.05) is 12.3 Å². The van der Waals surface area contributed by atoms with Crippen LogP contribution >= 0.6 is 11.8 Å². The number of thioether (sulfide) groups is 1. The molecule has 0 aliphatic carbocycles. The molecule has 0 saturated carbocycles. The van der Waals surface area contributed by atoms with E-state index < -0.39 is 0 Å². The Morgan fingerprint density at radius 2 is 2.29 bits per heavy atom. The number of benzene rings is 1. The molecule has 3 nitrogen and oxygen atoms in total. The van der Waals surface area contributed by atoms with Crippen LogP contribution in [0.15, 0.2) is 29.2 Å². The van der Waals surface area contributed by atoms with E-state index in [2.05, 4.69) is 12.2 Å². The highest BCUT2D eigenvalue weighted by Crippen LogP contribution is 2.18. The molecule has 1 aromatic rings. The van der Waals surface area contributed by atoms with Gasteiger partial charge in [-0.15, -0.1) is 11.8 Å². The Kier molecular flexibility index (Phi) is 6.40. The van der Waals surface area contributed by atoms with E-state index in [-0.39, 0.29) is 5.91 Å². The topological polar surface area (TPSA) is 46.2 Å². The van der Waals surface area contributed by atoms with Gasteiger partial charge in [-0.1, -0.05) is 25.5 Å². The number of nitrogens with one attached hydrogen (secondary N) is 1. The Bertz CT molecular complexity index is 379. The van der Waals surface area contributed by atoms with Crippen molar-refractivity contribution < 1.29 is 9.59 Å². The van der Waals surface area contributed by atoms with Gasteiger partial charge in [0.15, 0.2) is 0 Å². The first kappa shape index (κ1) is 13.8. The zero-order chi connectivity index (χ0) is 12.5. The molecule has 0 atom stereocenters. The molecule has 0 saturated heterocycles. The summed E-state index contributed by atoms with van der Waals surface area (Å²) in [4.78, 5) is 23.0. The molecule has 0 fully saturated rings. The summed E-state index contributed by atoms with van der Waals surface area (Å²) in [6.07, 6.45) is 2.90. The molecule has 0 aliphatic heterocycles. The number of amides is 1. The second kappa shape index (κ2) is 7.90. The van der Waals surface area contributed by atoms with Gasteiger partial charge >= 0.3 is 0 Å². The van der Waals surface area contributed by atoms with E-state index in [0.29, 0.717) is 11.3 Å². The standard InChI is InChI=1S/C13H17NO2S/c1-2-3-7-14-13(16)10-17-12-6-4-5-11(8-12)9-15/h4-6,8-9H,2-3,7,10H2,1H3,(H,14,16). The number of carbonyl (C=O) groups excluding carboxylic acids is 2. The van der Waals surface area contributed by atoms with Crippen LogP contribution in [0.4, 0.5) is 0 Å². The highest BCUT2D eigenvalue weighted by atomic mass is 32.2. The van der Waals surface area contributed by atoms with Crippen LogP contribution in [0.3, 0.4) is 0 Å². The summed E-state index contributed by atoms with van der Waals surface area (Å²) in [6, 6.07) is 7.26. The highest BCUT2D eigenvalue weighted by molar-refractivity contribution is 8.00. The molecule has 1 aromatic carbocycles. The maximum absolute atomic E-state index is 11.4. The van der Waals surface area contributed by atoms with Crippen LogP contribution < -0.4 is 5.32 Å². The lowest BCUT2D eigenvalue weighted by atomic mass is 10.2. The van der Waals surface area contributed by atoms with Crippen molar-refractivity contribution in [3.8, 4) is 0 Å². The average Bonchev–Trinajstić information content (AvgIpc) is 2.37. The fourth-order valence-electron chi connectivity index (χ4n) is 1.28. The molecule has 0 radical (unpaired) electrons. The third-order valence-corrected chi connectivity index (χ3v) is 3.21. The first-order valence-electron chi connectivity index (χ1n) is 5.71. The van der Waals surface area contributed by atoms with Crippen molar-refractivity contribution in [3.63, 3.8) is 0 Å². The molecule has 0 unspecified atom stereocenters. The van der Waals surface area contributed by atoms with E-state index in [1.165, 1.54) is 11.8 Å². The minimum Gasteiger partial charge on any atom is -0.355 e. The van der Waals surface area contributed by atoms with E-state index in [1.54, 1.807) is 12.1 Å². The van der Waals surface area contributed by atoms with Gasteiger partial charge in [-0.2, -0.15) is 0 Å². The summed E-state index contributed by atoms with van der Waals surface area (Å²) in [5.74, 6) is 0.436. The minimum absolute atomic E-state index is 0.0416. The lowest BCUT2D eigenvalue weighted by Gasteiger charge is -2.04. The first-order chi connectivity index (χ1) is 8.26. The second-order valence-electron chi connectivity index (χ2n) is 3.68. The number of rotatable bonds is 7. The van der Waals surface area contributed by atoms with Crippen molar-refractivity contribution in [3.05, 3.63) is 29.8 Å². The number of aldehydes is 1. The van der Waals surface area contributed by atoms with Crippen molar-refractivity contribution >= 4 is 24.0 Å². The Labute approximate surface area is 106 Å². The molecule has 1 rings (SSSR count). The van der Waals surface area contributed by atoms with Crippen LogP contribution in [-0.2, 0) is 4.79 Å². The van der Waals surface area contributed by atoms with Crippen molar-refractivity contribution in [2.45, 2.75) is 24.7 Å². The fourth-order valence-corrected chi connectivity index (χ4v) is 2.08. The molecule has 1 N–H and O–H groups in total. The Hall–Kier alpha value is -1.29. The van der Waals surface area contributed by atoms with E-state index >= 15 is 0 Å². The van der Waals surface area contributed by atoms with E-state index in [9.17, 15) is 9.59 Å². The van der Waals surface area contributed by atoms with E-state index in [4.69, 9.17) is 0 Å². The van der Waals surface area contributed by atoms with Crippen LogP contribution in [0, 0.1) is 0 Å². The van der Waals surface area contributed by atoms with E-state index in [0.717, 1.165) is 30.6 Å². The SMILES string of the molecule is CCCCNC(=O)CSc1cccc(C=O)c1. The lowest BCUT2D eigenvalue weighted by Crippen LogP contribution is -2.25. The average molecular weight is 251 g/mol. The van der Waals surface area contributed by atoms with Crippen LogP contribution in [0.2, 0.25) is 0 Å². The minimum atomic E-state index is 0.0416. The quantitative estimate of drug-likeness (QED) is 0.460. The van der Waals surface area contributed by atoms with Gasteiger partial charge in [-0.3, -0.25) is 9.59 Å². The van der Waals surface area contributed by atoms with Gasteiger partial charge < -0.3 is 5.32 Å². The summed E-state index contributed by atoms with van der Waals surface area (Å²) in [5, 5.41) is 2.85. The third-order valence-electron chi connectivity index (χ3n) is 2.22. The Morgan fingerprint density at radius 1 is 1.47 bits per heavy atom. The molecule has 0 bridgehead atoms. The van der Waals surface area contributed by atoms with Crippen LogP contribution in [-0.4, -0.2) is 24.5 Å². The van der Waals surface area contributed by atoms with Gasteiger partial charge in [-0.05, 0) is 18.6 Å². The fraction of sp³-hybridized carbons (Fsp3) is 0.385. The molecule has 0 aromatic heterocycles. The summed E-state index contributed by atoms with van der Waals surface area (Å²) in [7, 11) is 0. The Balaban J connectivity index is 2.34. The predicted octanol–water partition coefficient (Wildman–Crippen LogP) is 2.51. The third kappa shape index (κ3) is 5.54. The summed E-state index contributed by atoms with van der Waals surface area (Å²) in [5.41, 5.74) is 0.640. The number of hydrogen-bond acceptors (Lipinski definition) is 3. The monoisotopic (exact) mass is 251 g/mol. The van der Waals surface area contributed by atoms with Crippen molar-refractivity contribution in [1.82, 2.24) is 5.32 Å². The summed E-state index contributed by atoms with van der Waals surface area (Å²) < 4.78 is 0. The van der Waals surface area contributed by atoms with Gasteiger partial charge in [0.05, 0.1) is 5.75 Å². The molecule has 4 heteroatoms. The molecule has 17 heavy (non-hydrogen) atoms. The zero-order valence-corrected chi connectivity index (χ0v) is 10.8. The van der Waals surface area contributed by atoms with Gasteiger partial charge in [0.25, 0.3) is 0 Å². The highest BCUT2D eigenvalue weighted by Gasteiger charge is 2.02.